The SMILES string of the molecule is N#Cc1ccc(Br)cc1NC(=O)c1ccc(O)c(Cl)c1. The van der Waals surface area contributed by atoms with Gasteiger partial charge < -0.3 is 10.4 Å². The number of anilines is 1. The van der Waals surface area contributed by atoms with E-state index in [1.807, 2.05) is 6.07 Å². The highest BCUT2D eigenvalue weighted by Gasteiger charge is 2.11. The van der Waals surface area contributed by atoms with Gasteiger partial charge in [0.1, 0.15) is 11.8 Å². The van der Waals surface area contributed by atoms with Crippen LogP contribution in [0.25, 0.3) is 0 Å². The molecule has 2 aromatic rings. The maximum Gasteiger partial charge on any atom is 0.255 e. The van der Waals surface area contributed by atoms with Crippen molar-refractivity contribution in [1.29, 1.82) is 5.26 Å². The standard InChI is InChI=1S/C14H8BrClN2O2/c15-10-3-1-9(7-17)12(6-10)18-14(20)8-2-4-13(19)11(16)5-8/h1-6,19H,(H,18,20). The number of carbonyl (C=O) groups excluding carboxylic acids is 1. The molecule has 20 heavy (non-hydrogen) atoms. The molecule has 0 saturated carbocycles. The van der Waals surface area contributed by atoms with Crippen LogP contribution >= 0.6 is 27.5 Å². The summed E-state index contributed by atoms with van der Waals surface area (Å²) in [6.45, 7) is 0. The van der Waals surface area contributed by atoms with Crippen molar-refractivity contribution in [2.75, 3.05) is 5.32 Å². The first kappa shape index (κ1) is 14.4. The van der Waals surface area contributed by atoms with E-state index < -0.39 is 5.91 Å². The Bertz CT molecular complexity index is 726. The summed E-state index contributed by atoms with van der Waals surface area (Å²) in [6, 6.07) is 11.1. The highest BCUT2D eigenvalue weighted by atomic mass is 79.9. The van der Waals surface area contributed by atoms with Crippen molar-refractivity contribution in [1.82, 2.24) is 0 Å². The Morgan fingerprint density at radius 3 is 2.70 bits per heavy atom. The van der Waals surface area contributed by atoms with Crippen LogP contribution in [0.5, 0.6) is 5.75 Å². The van der Waals surface area contributed by atoms with Crippen LogP contribution in [-0.4, -0.2) is 11.0 Å². The summed E-state index contributed by atoms with van der Waals surface area (Å²) in [5.74, 6) is -0.509. The Kier molecular flexibility index (Phi) is 4.28. The molecule has 0 aliphatic heterocycles. The lowest BCUT2D eigenvalue weighted by Crippen LogP contribution is -2.12. The summed E-state index contributed by atoms with van der Waals surface area (Å²) in [7, 11) is 0. The summed E-state index contributed by atoms with van der Waals surface area (Å²) in [6.07, 6.45) is 0. The number of nitriles is 1. The number of carbonyl (C=O) groups is 1. The number of amides is 1. The zero-order valence-corrected chi connectivity index (χ0v) is 12.4. The van der Waals surface area contributed by atoms with Crippen LogP contribution in [-0.2, 0) is 0 Å². The van der Waals surface area contributed by atoms with Gasteiger partial charge in [0.2, 0.25) is 0 Å². The molecule has 0 saturated heterocycles. The highest BCUT2D eigenvalue weighted by molar-refractivity contribution is 9.10. The minimum atomic E-state index is -0.415. The van der Waals surface area contributed by atoms with Crippen LogP contribution in [0.15, 0.2) is 40.9 Å². The normalized spacial score (nSPS) is 9.85. The third-order valence-corrected chi connectivity index (χ3v) is 3.36. The Labute approximate surface area is 128 Å². The molecule has 0 aliphatic carbocycles. The van der Waals surface area contributed by atoms with Gasteiger partial charge in [-0.25, -0.2) is 0 Å². The first-order chi connectivity index (χ1) is 9.51. The molecule has 0 atom stereocenters. The number of phenols is 1. The second kappa shape index (κ2) is 5.95. The molecule has 2 rings (SSSR count). The van der Waals surface area contributed by atoms with Crippen LogP contribution < -0.4 is 5.32 Å². The summed E-state index contributed by atoms with van der Waals surface area (Å²) >= 11 is 9.03. The zero-order valence-electron chi connectivity index (χ0n) is 10.0. The van der Waals surface area contributed by atoms with Crippen molar-refractivity contribution in [3.63, 3.8) is 0 Å². The largest absolute Gasteiger partial charge is 0.506 e. The molecule has 0 heterocycles. The molecule has 0 fully saturated rings. The number of hydrogen-bond acceptors (Lipinski definition) is 3. The van der Waals surface area contributed by atoms with Crippen molar-refractivity contribution >= 4 is 39.1 Å². The van der Waals surface area contributed by atoms with Crippen LogP contribution in [0, 0.1) is 11.3 Å². The fraction of sp³-hybridized carbons (Fsp3) is 0. The summed E-state index contributed by atoms with van der Waals surface area (Å²) in [4.78, 5) is 12.1. The molecule has 1 amide bonds. The lowest BCUT2D eigenvalue weighted by molar-refractivity contribution is 0.102. The van der Waals surface area contributed by atoms with Gasteiger partial charge in [-0.15, -0.1) is 0 Å². The Morgan fingerprint density at radius 1 is 1.30 bits per heavy atom. The van der Waals surface area contributed by atoms with Gasteiger partial charge in [-0.1, -0.05) is 27.5 Å². The van der Waals surface area contributed by atoms with E-state index in [0.717, 1.165) is 4.47 Å². The fourth-order valence-electron chi connectivity index (χ4n) is 1.56. The van der Waals surface area contributed by atoms with Crippen molar-refractivity contribution < 1.29 is 9.90 Å². The fourth-order valence-corrected chi connectivity index (χ4v) is 2.10. The Hall–Kier alpha value is -2.03. The second-order valence-corrected chi connectivity index (χ2v) is 5.24. The summed E-state index contributed by atoms with van der Waals surface area (Å²) in [5, 5.41) is 21.0. The molecule has 0 unspecified atom stereocenters. The molecule has 0 aromatic heterocycles. The van der Waals surface area contributed by atoms with E-state index >= 15 is 0 Å². The Balaban J connectivity index is 2.30. The van der Waals surface area contributed by atoms with Gasteiger partial charge in [-0.05, 0) is 36.4 Å². The van der Waals surface area contributed by atoms with Crippen LogP contribution in [0.1, 0.15) is 15.9 Å². The average Bonchev–Trinajstić information content (AvgIpc) is 2.42. The molecule has 0 radical (unpaired) electrons. The molecule has 2 aromatic carbocycles. The van der Waals surface area contributed by atoms with Gasteiger partial charge in [-0.3, -0.25) is 4.79 Å². The van der Waals surface area contributed by atoms with E-state index in [0.29, 0.717) is 11.3 Å². The van der Waals surface area contributed by atoms with Gasteiger partial charge in [0.05, 0.1) is 16.3 Å². The van der Waals surface area contributed by atoms with E-state index in [1.54, 1.807) is 18.2 Å². The molecular weight excluding hydrogens is 344 g/mol. The number of halogens is 2. The quantitative estimate of drug-likeness (QED) is 0.861. The van der Waals surface area contributed by atoms with Gasteiger partial charge >= 0.3 is 0 Å². The minimum absolute atomic E-state index is 0.0902. The first-order valence-corrected chi connectivity index (χ1v) is 6.68. The predicted molar refractivity (Wildman–Crippen MR) is 79.9 cm³/mol. The summed E-state index contributed by atoms with van der Waals surface area (Å²) in [5.41, 5.74) is 1.04. The van der Waals surface area contributed by atoms with Crippen LogP contribution in [0.2, 0.25) is 5.02 Å². The minimum Gasteiger partial charge on any atom is -0.506 e. The molecule has 4 nitrogen and oxygen atoms in total. The third-order valence-electron chi connectivity index (χ3n) is 2.56. The average molecular weight is 352 g/mol. The number of hydrogen-bond donors (Lipinski definition) is 2. The predicted octanol–water partition coefficient (Wildman–Crippen LogP) is 3.93. The van der Waals surface area contributed by atoms with Crippen molar-refractivity contribution in [2.45, 2.75) is 0 Å². The van der Waals surface area contributed by atoms with E-state index in [4.69, 9.17) is 16.9 Å². The monoisotopic (exact) mass is 350 g/mol. The van der Waals surface area contributed by atoms with Crippen LogP contribution in [0.3, 0.4) is 0 Å². The molecule has 100 valence electrons. The van der Waals surface area contributed by atoms with Crippen LogP contribution in [0.4, 0.5) is 5.69 Å². The van der Waals surface area contributed by atoms with Crippen molar-refractivity contribution in [2.24, 2.45) is 0 Å². The second-order valence-electron chi connectivity index (χ2n) is 3.92. The summed E-state index contributed by atoms with van der Waals surface area (Å²) < 4.78 is 0.746. The van der Waals surface area contributed by atoms with Gasteiger partial charge in [0.15, 0.2) is 0 Å². The lowest BCUT2D eigenvalue weighted by atomic mass is 10.1. The van der Waals surface area contributed by atoms with Crippen molar-refractivity contribution in [3.8, 4) is 11.8 Å². The highest BCUT2D eigenvalue weighted by Crippen LogP contribution is 2.25. The maximum absolute atomic E-state index is 12.1. The smallest absolute Gasteiger partial charge is 0.255 e. The molecule has 2 N–H and O–H groups in total. The lowest BCUT2D eigenvalue weighted by Gasteiger charge is -2.08. The molecule has 6 heteroatoms. The number of phenolic OH excluding ortho intramolecular Hbond substituents is 1. The number of rotatable bonds is 2. The maximum atomic E-state index is 12.1. The number of aromatic hydroxyl groups is 1. The zero-order chi connectivity index (χ0) is 14.7. The third kappa shape index (κ3) is 3.10. The van der Waals surface area contributed by atoms with Crippen molar-refractivity contribution in [3.05, 3.63) is 57.0 Å². The van der Waals surface area contributed by atoms with Gasteiger partial charge in [0, 0.05) is 10.0 Å². The number of nitrogens with one attached hydrogen (secondary N) is 1. The molecule has 0 spiro atoms. The van der Waals surface area contributed by atoms with E-state index in [1.165, 1.54) is 18.2 Å². The first-order valence-electron chi connectivity index (χ1n) is 5.51. The van der Waals surface area contributed by atoms with E-state index in [-0.39, 0.29) is 16.3 Å². The molecule has 0 aliphatic rings. The van der Waals surface area contributed by atoms with Gasteiger partial charge in [0.25, 0.3) is 5.91 Å². The molecule has 0 bridgehead atoms. The number of nitrogens with zero attached hydrogens (tertiary/aromatic N) is 1. The topological polar surface area (TPSA) is 73.1 Å². The Morgan fingerprint density at radius 2 is 2.05 bits per heavy atom. The van der Waals surface area contributed by atoms with Gasteiger partial charge in [-0.2, -0.15) is 5.26 Å². The number of benzene rings is 2. The molecular formula is C14H8BrClN2O2. The van der Waals surface area contributed by atoms with E-state index in [2.05, 4.69) is 21.2 Å². The van der Waals surface area contributed by atoms with E-state index in [9.17, 15) is 9.90 Å².